The van der Waals surface area contributed by atoms with Gasteiger partial charge in [-0.05, 0) is 30.5 Å². The first-order valence-corrected chi connectivity index (χ1v) is 7.77. The molecule has 0 amide bonds. The van der Waals surface area contributed by atoms with E-state index in [4.69, 9.17) is 16.3 Å². The molecule has 0 bridgehead atoms. The summed E-state index contributed by atoms with van der Waals surface area (Å²) in [5.41, 5.74) is 0.283. The minimum absolute atomic E-state index is 0.152. The average Bonchev–Trinajstić information content (AvgIpc) is 2.42. The minimum Gasteiger partial charge on any atom is -0.370 e. The topological polar surface area (TPSA) is 26.3 Å². The SMILES string of the molecule is COC1(C(=O)Cc2ccc(Br)cc2Cl)CCCCC1. The maximum Gasteiger partial charge on any atom is 0.169 e. The van der Waals surface area contributed by atoms with E-state index in [2.05, 4.69) is 15.9 Å². The van der Waals surface area contributed by atoms with Crippen molar-refractivity contribution in [1.82, 2.24) is 0 Å². The number of methoxy groups -OCH3 is 1. The van der Waals surface area contributed by atoms with Gasteiger partial charge in [-0.25, -0.2) is 0 Å². The van der Waals surface area contributed by atoms with E-state index in [1.165, 1.54) is 6.42 Å². The molecule has 1 saturated carbocycles. The third kappa shape index (κ3) is 3.39. The number of ether oxygens (including phenoxy) is 1. The first kappa shape index (κ1) is 15.0. The molecule has 0 aromatic heterocycles. The number of carbonyl (C=O) groups excluding carboxylic acids is 1. The van der Waals surface area contributed by atoms with Crippen LogP contribution >= 0.6 is 27.5 Å². The highest BCUT2D eigenvalue weighted by atomic mass is 79.9. The first-order valence-electron chi connectivity index (χ1n) is 6.60. The molecule has 19 heavy (non-hydrogen) atoms. The van der Waals surface area contributed by atoms with E-state index in [0.29, 0.717) is 11.4 Å². The van der Waals surface area contributed by atoms with Crippen molar-refractivity contribution in [3.63, 3.8) is 0 Å². The van der Waals surface area contributed by atoms with Gasteiger partial charge in [0.1, 0.15) is 5.60 Å². The summed E-state index contributed by atoms with van der Waals surface area (Å²) >= 11 is 9.55. The maximum absolute atomic E-state index is 12.6. The van der Waals surface area contributed by atoms with Crippen molar-refractivity contribution in [2.45, 2.75) is 44.1 Å². The van der Waals surface area contributed by atoms with E-state index >= 15 is 0 Å². The van der Waals surface area contributed by atoms with Crippen molar-refractivity contribution in [1.29, 1.82) is 0 Å². The van der Waals surface area contributed by atoms with Crippen LogP contribution in [0.3, 0.4) is 0 Å². The molecular weight excluding hydrogens is 328 g/mol. The molecule has 1 aliphatic rings. The smallest absolute Gasteiger partial charge is 0.169 e. The van der Waals surface area contributed by atoms with Crippen LogP contribution in [-0.2, 0) is 16.0 Å². The minimum atomic E-state index is -0.589. The molecule has 0 spiro atoms. The number of hydrogen-bond donors (Lipinski definition) is 0. The van der Waals surface area contributed by atoms with Gasteiger partial charge < -0.3 is 4.74 Å². The van der Waals surface area contributed by atoms with Crippen LogP contribution in [0.1, 0.15) is 37.7 Å². The maximum atomic E-state index is 12.6. The number of rotatable bonds is 4. The van der Waals surface area contributed by atoms with Gasteiger partial charge in [0.15, 0.2) is 5.78 Å². The number of Topliss-reactive ketones (excluding diaryl/α,β-unsaturated/α-hetero) is 1. The average molecular weight is 346 g/mol. The van der Waals surface area contributed by atoms with Crippen LogP contribution in [-0.4, -0.2) is 18.5 Å². The number of hydrogen-bond acceptors (Lipinski definition) is 2. The second-order valence-corrected chi connectivity index (χ2v) is 6.42. The summed E-state index contributed by atoms with van der Waals surface area (Å²) in [4.78, 5) is 12.6. The van der Waals surface area contributed by atoms with Crippen LogP contribution in [0.4, 0.5) is 0 Å². The van der Waals surface area contributed by atoms with Gasteiger partial charge in [0, 0.05) is 23.0 Å². The third-order valence-corrected chi connectivity index (χ3v) is 4.77. The monoisotopic (exact) mass is 344 g/mol. The van der Waals surface area contributed by atoms with Crippen molar-refractivity contribution < 1.29 is 9.53 Å². The summed E-state index contributed by atoms with van der Waals surface area (Å²) < 4.78 is 6.50. The van der Waals surface area contributed by atoms with Crippen LogP contribution in [0.5, 0.6) is 0 Å². The fourth-order valence-corrected chi connectivity index (χ4v) is 3.46. The molecule has 0 aliphatic heterocycles. The largest absolute Gasteiger partial charge is 0.370 e. The second-order valence-electron chi connectivity index (χ2n) is 5.09. The highest BCUT2D eigenvalue weighted by molar-refractivity contribution is 9.10. The van der Waals surface area contributed by atoms with Crippen molar-refractivity contribution in [2.75, 3.05) is 7.11 Å². The van der Waals surface area contributed by atoms with Gasteiger partial charge in [0.2, 0.25) is 0 Å². The van der Waals surface area contributed by atoms with Crippen molar-refractivity contribution in [2.24, 2.45) is 0 Å². The Labute approximate surface area is 127 Å². The molecule has 1 aliphatic carbocycles. The second kappa shape index (κ2) is 6.38. The van der Waals surface area contributed by atoms with Gasteiger partial charge in [0.05, 0.1) is 0 Å². The Morgan fingerprint density at radius 1 is 1.37 bits per heavy atom. The highest BCUT2D eigenvalue weighted by Gasteiger charge is 2.39. The lowest BCUT2D eigenvalue weighted by Gasteiger charge is -2.34. The Balaban J connectivity index is 2.15. The molecule has 1 aromatic carbocycles. The zero-order valence-corrected chi connectivity index (χ0v) is 13.4. The Bertz CT molecular complexity index is 467. The number of benzene rings is 1. The molecule has 4 heteroatoms. The fraction of sp³-hybridized carbons (Fsp3) is 0.533. The predicted octanol–water partition coefficient (Wildman–Crippen LogP) is 4.56. The lowest BCUT2D eigenvalue weighted by Crippen LogP contribution is -2.43. The Kier molecular flexibility index (Phi) is 5.04. The molecule has 0 heterocycles. The summed E-state index contributed by atoms with van der Waals surface area (Å²) in [7, 11) is 1.65. The Hall–Kier alpha value is -0.380. The number of ketones is 1. The molecule has 1 aromatic rings. The fourth-order valence-electron chi connectivity index (χ4n) is 2.72. The van der Waals surface area contributed by atoms with E-state index in [-0.39, 0.29) is 5.78 Å². The number of halogens is 2. The normalized spacial score (nSPS) is 18.3. The molecule has 1 fully saturated rings. The van der Waals surface area contributed by atoms with Crippen LogP contribution in [0.25, 0.3) is 0 Å². The van der Waals surface area contributed by atoms with E-state index in [1.807, 2.05) is 18.2 Å². The summed E-state index contributed by atoms with van der Waals surface area (Å²) in [5, 5.41) is 0.629. The molecule has 0 atom stereocenters. The highest BCUT2D eigenvalue weighted by Crippen LogP contribution is 2.33. The lowest BCUT2D eigenvalue weighted by molar-refractivity contribution is -0.144. The van der Waals surface area contributed by atoms with E-state index < -0.39 is 5.60 Å². The van der Waals surface area contributed by atoms with Gasteiger partial charge in [-0.15, -0.1) is 0 Å². The van der Waals surface area contributed by atoms with E-state index in [9.17, 15) is 4.79 Å². The first-order chi connectivity index (χ1) is 9.07. The molecular formula is C15H18BrClO2. The Morgan fingerprint density at radius 3 is 2.63 bits per heavy atom. The zero-order valence-electron chi connectivity index (χ0n) is 11.0. The molecule has 0 N–H and O–H groups in total. The lowest BCUT2D eigenvalue weighted by atomic mass is 9.79. The van der Waals surface area contributed by atoms with Crippen molar-refractivity contribution in [3.8, 4) is 0 Å². The molecule has 2 rings (SSSR count). The van der Waals surface area contributed by atoms with E-state index in [1.54, 1.807) is 7.11 Å². The summed E-state index contributed by atoms with van der Waals surface area (Å²) in [5.74, 6) is 0.152. The van der Waals surface area contributed by atoms with Gasteiger partial charge in [-0.2, -0.15) is 0 Å². The summed E-state index contributed by atoms with van der Waals surface area (Å²) in [6.07, 6.45) is 5.33. The quantitative estimate of drug-likeness (QED) is 0.799. The van der Waals surface area contributed by atoms with Crippen molar-refractivity contribution >= 4 is 33.3 Å². The van der Waals surface area contributed by atoms with E-state index in [0.717, 1.165) is 35.7 Å². The van der Waals surface area contributed by atoms with Gasteiger partial charge >= 0.3 is 0 Å². The molecule has 0 unspecified atom stereocenters. The number of carbonyl (C=O) groups is 1. The van der Waals surface area contributed by atoms with Crippen molar-refractivity contribution in [3.05, 3.63) is 33.3 Å². The molecule has 104 valence electrons. The third-order valence-electron chi connectivity index (χ3n) is 3.93. The van der Waals surface area contributed by atoms with Gasteiger partial charge in [0.25, 0.3) is 0 Å². The standard InChI is InChI=1S/C15H18BrClO2/c1-19-15(7-3-2-4-8-15)14(18)9-11-5-6-12(16)10-13(11)17/h5-6,10H,2-4,7-9H2,1H3. The summed E-state index contributed by atoms with van der Waals surface area (Å²) in [6, 6.07) is 5.63. The molecule has 0 radical (unpaired) electrons. The van der Waals surface area contributed by atoms with Crippen LogP contribution in [0.2, 0.25) is 5.02 Å². The van der Waals surface area contributed by atoms with Gasteiger partial charge in [-0.3, -0.25) is 4.79 Å². The predicted molar refractivity (Wildman–Crippen MR) is 80.7 cm³/mol. The zero-order chi connectivity index (χ0) is 13.9. The molecule has 0 saturated heterocycles. The summed E-state index contributed by atoms with van der Waals surface area (Å²) in [6.45, 7) is 0. The van der Waals surface area contributed by atoms with Crippen LogP contribution in [0.15, 0.2) is 22.7 Å². The van der Waals surface area contributed by atoms with Gasteiger partial charge in [-0.1, -0.05) is 52.9 Å². The van der Waals surface area contributed by atoms with Crippen LogP contribution < -0.4 is 0 Å². The Morgan fingerprint density at radius 2 is 2.05 bits per heavy atom. The molecule has 2 nitrogen and oxygen atoms in total. The van der Waals surface area contributed by atoms with Crippen LogP contribution in [0, 0.1) is 0 Å².